The number of nitrogens with two attached hydrogens (primary N) is 1. The first-order valence-electron chi connectivity index (χ1n) is 8.89. The Morgan fingerprint density at radius 1 is 1.19 bits per heavy atom. The molecule has 7 heteroatoms. The van der Waals surface area contributed by atoms with Gasteiger partial charge in [-0.05, 0) is 29.9 Å². The molecule has 4 rings (SSSR count). The number of H-pyrrole nitrogens is 1. The van der Waals surface area contributed by atoms with Crippen LogP contribution in [0.1, 0.15) is 53.9 Å². The van der Waals surface area contributed by atoms with Crippen molar-refractivity contribution in [2.24, 2.45) is 5.84 Å². The molecule has 1 fully saturated rings. The minimum atomic E-state index is -0.500. The molecule has 0 spiro atoms. The van der Waals surface area contributed by atoms with E-state index in [-0.39, 0.29) is 11.1 Å². The van der Waals surface area contributed by atoms with Gasteiger partial charge in [0.15, 0.2) is 5.65 Å². The molecule has 2 aromatic heterocycles. The van der Waals surface area contributed by atoms with E-state index in [4.69, 9.17) is 5.84 Å². The zero-order chi connectivity index (χ0) is 18.1. The fraction of sp³-hybridized carbons (Fsp3) is 0.316. The van der Waals surface area contributed by atoms with Crippen LogP contribution in [0.2, 0.25) is 0 Å². The van der Waals surface area contributed by atoms with Crippen LogP contribution in [0.25, 0.3) is 16.9 Å². The molecule has 0 atom stereocenters. The zero-order valence-corrected chi connectivity index (χ0v) is 14.4. The second-order valence-electron chi connectivity index (χ2n) is 6.77. The molecule has 1 saturated carbocycles. The molecule has 0 radical (unpaired) electrons. The molecule has 1 aromatic carbocycles. The molecule has 0 saturated heterocycles. The molecule has 134 valence electrons. The third-order valence-electron chi connectivity index (χ3n) is 5.17. The SMILES string of the molecule is NNC(=O)c1cnn2c(=O)cc(-c3ccc(C4CCCCC4)cc3)[nH]c12. The van der Waals surface area contributed by atoms with Gasteiger partial charge in [0, 0.05) is 6.07 Å². The van der Waals surface area contributed by atoms with Gasteiger partial charge in [-0.25, -0.2) is 5.84 Å². The molecule has 4 N–H and O–H groups in total. The lowest BCUT2D eigenvalue weighted by molar-refractivity contribution is 0.0955. The largest absolute Gasteiger partial charge is 0.339 e. The molecule has 0 bridgehead atoms. The zero-order valence-electron chi connectivity index (χ0n) is 14.4. The number of rotatable bonds is 3. The van der Waals surface area contributed by atoms with Gasteiger partial charge in [0.25, 0.3) is 11.5 Å². The molecule has 1 amide bonds. The van der Waals surface area contributed by atoms with Gasteiger partial charge in [-0.1, -0.05) is 43.5 Å². The molecule has 3 aromatic rings. The summed E-state index contributed by atoms with van der Waals surface area (Å²) in [6.45, 7) is 0. The normalized spacial score (nSPS) is 15.3. The van der Waals surface area contributed by atoms with Gasteiger partial charge in [-0.2, -0.15) is 9.61 Å². The maximum Gasteiger partial charge on any atom is 0.274 e. The lowest BCUT2D eigenvalue weighted by atomic mass is 9.84. The van der Waals surface area contributed by atoms with Crippen molar-refractivity contribution in [1.82, 2.24) is 20.0 Å². The predicted molar refractivity (Wildman–Crippen MR) is 98.7 cm³/mol. The van der Waals surface area contributed by atoms with E-state index in [0.29, 0.717) is 17.3 Å². The van der Waals surface area contributed by atoms with Crippen LogP contribution in [0.15, 0.2) is 41.3 Å². The van der Waals surface area contributed by atoms with Crippen LogP contribution in [0.4, 0.5) is 0 Å². The number of nitrogens with zero attached hydrogens (tertiary/aromatic N) is 2. The summed E-state index contributed by atoms with van der Waals surface area (Å²) in [7, 11) is 0. The van der Waals surface area contributed by atoms with E-state index < -0.39 is 5.91 Å². The number of fused-ring (bicyclic) bond motifs is 1. The van der Waals surface area contributed by atoms with Crippen molar-refractivity contribution >= 4 is 11.6 Å². The monoisotopic (exact) mass is 351 g/mol. The summed E-state index contributed by atoms with van der Waals surface area (Å²) in [5, 5.41) is 3.95. The van der Waals surface area contributed by atoms with E-state index in [1.54, 1.807) is 0 Å². The van der Waals surface area contributed by atoms with Crippen molar-refractivity contribution in [3.63, 3.8) is 0 Å². The maximum absolute atomic E-state index is 12.3. The fourth-order valence-electron chi connectivity index (χ4n) is 3.75. The molecule has 0 unspecified atom stereocenters. The average Bonchev–Trinajstić information content (AvgIpc) is 3.13. The number of aromatic amines is 1. The Morgan fingerprint density at radius 3 is 2.62 bits per heavy atom. The minimum Gasteiger partial charge on any atom is -0.339 e. The summed E-state index contributed by atoms with van der Waals surface area (Å²) >= 11 is 0. The van der Waals surface area contributed by atoms with Gasteiger partial charge in [-0.15, -0.1) is 0 Å². The lowest BCUT2D eigenvalue weighted by Crippen LogP contribution is -2.30. The summed E-state index contributed by atoms with van der Waals surface area (Å²) in [4.78, 5) is 27.3. The van der Waals surface area contributed by atoms with Crippen LogP contribution in [0.3, 0.4) is 0 Å². The fourth-order valence-corrected chi connectivity index (χ4v) is 3.75. The van der Waals surface area contributed by atoms with E-state index in [2.05, 4.69) is 27.6 Å². The van der Waals surface area contributed by atoms with Gasteiger partial charge in [0.2, 0.25) is 0 Å². The molecule has 1 aliphatic carbocycles. The van der Waals surface area contributed by atoms with Crippen LogP contribution >= 0.6 is 0 Å². The van der Waals surface area contributed by atoms with Crippen molar-refractivity contribution in [2.45, 2.75) is 38.0 Å². The highest BCUT2D eigenvalue weighted by Crippen LogP contribution is 2.33. The molecule has 1 aliphatic rings. The number of carbonyl (C=O) groups is 1. The number of hydrogen-bond acceptors (Lipinski definition) is 4. The van der Waals surface area contributed by atoms with Crippen molar-refractivity contribution in [2.75, 3.05) is 0 Å². The minimum absolute atomic E-state index is 0.227. The third kappa shape index (κ3) is 2.90. The number of benzene rings is 1. The van der Waals surface area contributed by atoms with Crippen molar-refractivity contribution < 1.29 is 4.79 Å². The summed E-state index contributed by atoms with van der Waals surface area (Å²) in [6, 6.07) is 9.80. The first kappa shape index (κ1) is 16.5. The standard InChI is InChI=1S/C19H21N5O2/c20-23-19(26)15-11-21-24-17(25)10-16(22-18(15)24)14-8-6-13(7-9-14)12-4-2-1-3-5-12/h6-12,22H,1-5,20H2,(H,23,26). The number of amides is 1. The highest BCUT2D eigenvalue weighted by atomic mass is 16.2. The smallest absolute Gasteiger partial charge is 0.274 e. The summed E-state index contributed by atoms with van der Waals surface area (Å²) in [6.07, 6.45) is 7.74. The lowest BCUT2D eigenvalue weighted by Gasteiger charge is -2.22. The van der Waals surface area contributed by atoms with Crippen LogP contribution < -0.4 is 16.8 Å². The number of hydrogen-bond donors (Lipinski definition) is 3. The van der Waals surface area contributed by atoms with Crippen molar-refractivity contribution in [1.29, 1.82) is 0 Å². The molecule has 2 heterocycles. The van der Waals surface area contributed by atoms with E-state index >= 15 is 0 Å². The number of aromatic nitrogens is 3. The number of carbonyl (C=O) groups excluding carboxylic acids is 1. The van der Waals surface area contributed by atoms with Crippen LogP contribution in [-0.4, -0.2) is 20.5 Å². The van der Waals surface area contributed by atoms with Crippen LogP contribution in [-0.2, 0) is 0 Å². The molecular formula is C19H21N5O2. The maximum atomic E-state index is 12.3. The Labute approximate surface area is 150 Å². The van der Waals surface area contributed by atoms with Gasteiger partial charge >= 0.3 is 0 Å². The summed E-state index contributed by atoms with van der Waals surface area (Å²) in [5.74, 6) is 5.33. The Morgan fingerprint density at radius 2 is 1.92 bits per heavy atom. The van der Waals surface area contributed by atoms with Crippen LogP contribution in [0.5, 0.6) is 0 Å². The highest BCUT2D eigenvalue weighted by molar-refractivity contribution is 5.99. The third-order valence-corrected chi connectivity index (χ3v) is 5.17. The Kier molecular flexibility index (Phi) is 4.30. The summed E-state index contributed by atoms with van der Waals surface area (Å²) < 4.78 is 1.16. The number of nitrogens with one attached hydrogen (secondary N) is 2. The second kappa shape index (κ2) is 6.76. The topological polar surface area (TPSA) is 105 Å². The first-order chi connectivity index (χ1) is 12.7. The van der Waals surface area contributed by atoms with Crippen molar-refractivity contribution in [3.8, 4) is 11.3 Å². The van der Waals surface area contributed by atoms with Gasteiger partial charge in [-0.3, -0.25) is 15.0 Å². The molecule has 7 nitrogen and oxygen atoms in total. The van der Waals surface area contributed by atoms with E-state index in [1.165, 1.54) is 49.9 Å². The summed E-state index contributed by atoms with van der Waals surface area (Å²) in [5.41, 5.74) is 5.20. The predicted octanol–water partition coefficient (Wildman–Crippen LogP) is 2.34. The highest BCUT2D eigenvalue weighted by Gasteiger charge is 2.17. The molecular weight excluding hydrogens is 330 g/mol. The Bertz CT molecular complexity index is 997. The quantitative estimate of drug-likeness (QED) is 0.382. The van der Waals surface area contributed by atoms with Gasteiger partial charge in [0.05, 0.1) is 11.9 Å². The van der Waals surface area contributed by atoms with Gasteiger partial charge in [0.1, 0.15) is 5.56 Å². The number of hydrazine groups is 1. The van der Waals surface area contributed by atoms with E-state index in [9.17, 15) is 9.59 Å². The number of nitrogen functional groups attached to an aromatic ring is 1. The average molecular weight is 351 g/mol. The first-order valence-corrected chi connectivity index (χ1v) is 8.89. The molecule has 0 aliphatic heterocycles. The van der Waals surface area contributed by atoms with Crippen molar-refractivity contribution in [3.05, 3.63) is 58.0 Å². The Balaban J connectivity index is 1.72. The van der Waals surface area contributed by atoms with Gasteiger partial charge < -0.3 is 4.98 Å². The second-order valence-corrected chi connectivity index (χ2v) is 6.77. The Hall–Kier alpha value is -2.93. The molecule has 26 heavy (non-hydrogen) atoms. The van der Waals surface area contributed by atoms with Crippen LogP contribution in [0, 0.1) is 0 Å². The van der Waals surface area contributed by atoms with E-state index in [0.717, 1.165) is 10.1 Å². The van der Waals surface area contributed by atoms with E-state index in [1.807, 2.05) is 12.1 Å².